The van der Waals surface area contributed by atoms with Crippen molar-refractivity contribution in [2.24, 2.45) is 23.9 Å². The molecule has 12 nitrogen and oxygen atoms in total. The Labute approximate surface area is 236 Å². The highest BCUT2D eigenvalue weighted by Crippen LogP contribution is 2.56. The molecule has 0 aliphatic heterocycles. The molecule has 3 aromatic heterocycles. The smallest absolute Gasteiger partial charge is 0.272 e. The van der Waals surface area contributed by atoms with E-state index in [-0.39, 0.29) is 40.6 Å². The lowest BCUT2D eigenvalue weighted by Crippen LogP contribution is -2.58. The molecular formula is C29H32N8O4. The minimum atomic E-state index is -1.16. The second-order valence-corrected chi connectivity index (χ2v) is 11.8. The second kappa shape index (κ2) is 9.43. The van der Waals surface area contributed by atoms with Gasteiger partial charge in [-0.25, -0.2) is 9.67 Å². The van der Waals surface area contributed by atoms with Crippen LogP contribution in [-0.2, 0) is 17.4 Å². The van der Waals surface area contributed by atoms with Crippen LogP contribution in [0.1, 0.15) is 60.4 Å². The van der Waals surface area contributed by atoms with Crippen LogP contribution >= 0.6 is 0 Å². The van der Waals surface area contributed by atoms with Crippen LogP contribution < -0.4 is 21.5 Å². The van der Waals surface area contributed by atoms with Crippen molar-refractivity contribution in [2.45, 2.75) is 57.2 Å². The van der Waals surface area contributed by atoms with Crippen molar-refractivity contribution in [3.05, 3.63) is 60.2 Å². The van der Waals surface area contributed by atoms with Gasteiger partial charge in [0.15, 0.2) is 5.69 Å². The third-order valence-electron chi connectivity index (χ3n) is 8.40. The van der Waals surface area contributed by atoms with Crippen molar-refractivity contribution in [1.82, 2.24) is 29.9 Å². The number of rotatable bonds is 8. The van der Waals surface area contributed by atoms with Gasteiger partial charge in [0, 0.05) is 36.4 Å². The maximum Gasteiger partial charge on any atom is 0.272 e. The van der Waals surface area contributed by atoms with E-state index in [2.05, 4.69) is 20.5 Å². The normalized spacial score (nSPS) is 21.7. The number of hydrogen-bond donors (Lipinski definition) is 3. The molecule has 6 rings (SSSR count). The molecule has 0 unspecified atom stereocenters. The summed E-state index contributed by atoms with van der Waals surface area (Å²) < 4.78 is 9.19. The van der Waals surface area contributed by atoms with Gasteiger partial charge in [-0.15, -0.1) is 0 Å². The summed E-state index contributed by atoms with van der Waals surface area (Å²) in [6, 6.07) is 8.91. The number of nitrogens with two attached hydrogens (primary N) is 2. The lowest BCUT2D eigenvalue weighted by atomic mass is 9.53. The molecule has 12 heteroatoms. The fraction of sp³-hybridized carbons (Fsp3) is 0.379. The number of ether oxygens (including phenoxy) is 1. The Bertz CT molecular complexity index is 1690. The highest BCUT2D eigenvalue weighted by molar-refractivity contribution is 6.06. The van der Waals surface area contributed by atoms with Gasteiger partial charge in [-0.2, -0.15) is 10.2 Å². The summed E-state index contributed by atoms with van der Waals surface area (Å²) in [6.45, 7) is 3.37. The molecule has 0 atom stereocenters. The summed E-state index contributed by atoms with van der Waals surface area (Å²) in [4.78, 5) is 41.6. The van der Waals surface area contributed by atoms with Gasteiger partial charge in [-0.05, 0) is 74.8 Å². The lowest BCUT2D eigenvalue weighted by molar-refractivity contribution is -0.125. The van der Waals surface area contributed by atoms with Gasteiger partial charge < -0.3 is 21.5 Å². The minimum absolute atomic E-state index is 0.00139. The zero-order valence-corrected chi connectivity index (χ0v) is 23.1. The summed E-state index contributed by atoms with van der Waals surface area (Å²) in [5, 5.41) is 12.6. The van der Waals surface area contributed by atoms with Gasteiger partial charge in [0.2, 0.25) is 11.8 Å². The average Bonchev–Trinajstić information content (AvgIpc) is 3.50. The van der Waals surface area contributed by atoms with E-state index < -0.39 is 17.4 Å². The Hall–Kier alpha value is -4.74. The molecule has 3 heterocycles. The number of nitrogens with zero attached hydrogens (tertiary/aromatic N) is 5. The fourth-order valence-corrected chi connectivity index (χ4v) is 6.06. The van der Waals surface area contributed by atoms with E-state index in [0.29, 0.717) is 10.9 Å². The van der Waals surface area contributed by atoms with Crippen LogP contribution in [0.5, 0.6) is 5.88 Å². The molecule has 3 amide bonds. The zero-order chi connectivity index (χ0) is 29.1. The topological polar surface area (TPSA) is 173 Å². The van der Waals surface area contributed by atoms with Gasteiger partial charge >= 0.3 is 0 Å². The molecule has 4 aromatic rings. The zero-order valence-electron chi connectivity index (χ0n) is 23.1. The first-order valence-corrected chi connectivity index (χ1v) is 13.5. The van der Waals surface area contributed by atoms with E-state index in [1.54, 1.807) is 43.1 Å². The highest BCUT2D eigenvalue weighted by atomic mass is 16.5. The van der Waals surface area contributed by atoms with Gasteiger partial charge in [-0.1, -0.05) is 6.07 Å². The molecule has 0 radical (unpaired) electrons. The van der Waals surface area contributed by atoms with E-state index in [0.717, 1.165) is 36.8 Å². The highest BCUT2D eigenvalue weighted by Gasteiger charge is 2.54. The van der Waals surface area contributed by atoms with E-state index >= 15 is 0 Å². The first-order valence-electron chi connectivity index (χ1n) is 13.5. The predicted molar refractivity (Wildman–Crippen MR) is 150 cm³/mol. The van der Waals surface area contributed by atoms with Crippen molar-refractivity contribution < 1.29 is 19.1 Å². The number of amides is 3. The molecular weight excluding hydrogens is 524 g/mol. The first-order chi connectivity index (χ1) is 19.5. The summed E-state index contributed by atoms with van der Waals surface area (Å²) in [7, 11) is 1.84. The standard InChI is InChI=1S/C29H32N8O4/c1-28(2,27(31)40)37-22-9-16(17-14-33-36(3)15-17)6-7-20(22)23(35-37)25(39)34-18-10-29(11-18)12-19(13-29)41-26-21(24(30)38)5-4-8-32-26/h4-9,14-15,18-19H,10-13H2,1-3H3,(H2,30,38)(H2,31,40)(H,34,39)/t18-,19-,29?. The van der Waals surface area contributed by atoms with Gasteiger partial charge in [0.05, 0.1) is 11.7 Å². The summed E-state index contributed by atoms with van der Waals surface area (Å²) in [6.07, 6.45) is 8.43. The number of primary amides is 2. The van der Waals surface area contributed by atoms with Crippen molar-refractivity contribution in [1.29, 1.82) is 0 Å². The van der Waals surface area contributed by atoms with Gasteiger partial charge in [0.1, 0.15) is 17.2 Å². The number of fused-ring (bicyclic) bond motifs is 1. The number of hydrogen-bond acceptors (Lipinski definition) is 7. The summed E-state index contributed by atoms with van der Waals surface area (Å²) in [5.74, 6) is -1.17. The van der Waals surface area contributed by atoms with Crippen LogP contribution in [0.15, 0.2) is 48.9 Å². The number of benzene rings is 1. The Balaban J connectivity index is 1.16. The molecule has 0 bridgehead atoms. The second-order valence-electron chi connectivity index (χ2n) is 11.8. The van der Waals surface area contributed by atoms with Crippen LogP contribution in [0.2, 0.25) is 0 Å². The maximum absolute atomic E-state index is 13.5. The van der Waals surface area contributed by atoms with Crippen LogP contribution in [0.25, 0.3) is 22.0 Å². The largest absolute Gasteiger partial charge is 0.474 e. The molecule has 1 aromatic carbocycles. The van der Waals surface area contributed by atoms with Crippen molar-refractivity contribution in [3.8, 4) is 17.0 Å². The number of nitrogens with one attached hydrogen (secondary N) is 1. The van der Waals surface area contributed by atoms with Crippen LogP contribution in [-0.4, -0.2) is 54.4 Å². The summed E-state index contributed by atoms with van der Waals surface area (Å²) in [5.41, 5.74) is 13.0. The number of aryl methyl sites for hydroxylation is 1. The number of pyridine rings is 1. The van der Waals surface area contributed by atoms with Crippen LogP contribution in [0.4, 0.5) is 0 Å². The molecule has 5 N–H and O–H groups in total. The summed E-state index contributed by atoms with van der Waals surface area (Å²) >= 11 is 0. The molecule has 2 aliphatic rings. The average molecular weight is 557 g/mol. The Morgan fingerprint density at radius 1 is 1.10 bits per heavy atom. The number of carbonyl (C=O) groups excluding carboxylic acids is 3. The maximum atomic E-state index is 13.5. The molecule has 1 spiro atoms. The Morgan fingerprint density at radius 2 is 1.85 bits per heavy atom. The van der Waals surface area contributed by atoms with Crippen molar-refractivity contribution >= 4 is 28.6 Å². The first kappa shape index (κ1) is 26.5. The van der Waals surface area contributed by atoms with Gasteiger partial charge in [0.25, 0.3) is 11.8 Å². The molecule has 2 saturated carbocycles. The molecule has 0 saturated heterocycles. The minimum Gasteiger partial charge on any atom is -0.474 e. The lowest BCUT2D eigenvalue weighted by Gasteiger charge is -2.57. The number of carbonyl (C=O) groups is 3. The van der Waals surface area contributed by atoms with Crippen molar-refractivity contribution in [3.63, 3.8) is 0 Å². The third-order valence-corrected chi connectivity index (χ3v) is 8.40. The van der Waals surface area contributed by atoms with E-state index in [1.807, 2.05) is 31.4 Å². The SMILES string of the molecule is Cn1cc(-c2ccc3c(C(=O)N[C@H]4CC5(C4)C[C@H](Oc4ncccc4C(N)=O)C5)nn(C(C)(C)C(N)=O)c3c2)cn1. The Kier molecular flexibility index (Phi) is 6.09. The van der Waals surface area contributed by atoms with E-state index in [9.17, 15) is 14.4 Å². The molecule has 212 valence electrons. The van der Waals surface area contributed by atoms with Crippen LogP contribution in [0, 0.1) is 5.41 Å². The van der Waals surface area contributed by atoms with E-state index in [1.165, 1.54) is 4.68 Å². The Morgan fingerprint density at radius 3 is 2.51 bits per heavy atom. The third kappa shape index (κ3) is 4.58. The quantitative estimate of drug-likeness (QED) is 0.298. The number of aromatic nitrogens is 5. The predicted octanol–water partition coefficient (Wildman–Crippen LogP) is 2.27. The monoisotopic (exact) mass is 556 g/mol. The van der Waals surface area contributed by atoms with Crippen LogP contribution in [0.3, 0.4) is 0 Å². The molecule has 41 heavy (non-hydrogen) atoms. The fourth-order valence-electron chi connectivity index (χ4n) is 6.06. The van der Waals surface area contributed by atoms with Crippen molar-refractivity contribution in [2.75, 3.05) is 0 Å². The molecule has 2 aliphatic carbocycles. The molecule has 2 fully saturated rings. The van der Waals surface area contributed by atoms with E-state index in [4.69, 9.17) is 16.2 Å². The van der Waals surface area contributed by atoms with Gasteiger partial charge in [-0.3, -0.25) is 19.1 Å².